The van der Waals surface area contributed by atoms with E-state index in [0.29, 0.717) is 29.0 Å². The molecule has 0 spiro atoms. The van der Waals surface area contributed by atoms with Crippen LogP contribution in [-0.2, 0) is 6.42 Å². The smallest absolute Gasteiger partial charge is 0.130 e. The molecule has 1 unspecified atom stereocenters. The summed E-state index contributed by atoms with van der Waals surface area (Å²) in [7, 11) is 0. The topological polar surface area (TPSA) is 35.2 Å². The van der Waals surface area contributed by atoms with E-state index in [1.807, 2.05) is 6.92 Å². The Balaban J connectivity index is 2.28. The van der Waals surface area contributed by atoms with Crippen LogP contribution in [0.5, 0.6) is 11.5 Å². The predicted molar refractivity (Wildman–Crippen MR) is 79.6 cm³/mol. The molecular weight excluding hydrogens is 272 g/mol. The molecule has 0 aliphatic heterocycles. The Hall–Kier alpha value is -1.94. The van der Waals surface area contributed by atoms with Crippen LogP contribution < -0.4 is 10.5 Å². The lowest BCUT2D eigenvalue weighted by Crippen LogP contribution is -2.21. The van der Waals surface area contributed by atoms with Crippen LogP contribution in [0.15, 0.2) is 36.4 Å². The fourth-order valence-electron chi connectivity index (χ4n) is 2.04. The van der Waals surface area contributed by atoms with Crippen LogP contribution in [0.2, 0.25) is 0 Å². The lowest BCUT2D eigenvalue weighted by Gasteiger charge is -2.14. The average molecular weight is 291 g/mol. The van der Waals surface area contributed by atoms with E-state index in [9.17, 15) is 8.78 Å². The molecule has 2 aromatic rings. The molecule has 2 N–H and O–H groups in total. The van der Waals surface area contributed by atoms with Gasteiger partial charge in [-0.15, -0.1) is 0 Å². The van der Waals surface area contributed by atoms with E-state index in [2.05, 4.69) is 0 Å². The fraction of sp³-hybridized carbons (Fsp3) is 0.294. The van der Waals surface area contributed by atoms with Gasteiger partial charge in [-0.3, -0.25) is 0 Å². The molecule has 2 aromatic carbocycles. The van der Waals surface area contributed by atoms with Crippen molar-refractivity contribution in [2.24, 2.45) is 5.73 Å². The zero-order chi connectivity index (χ0) is 15.4. The van der Waals surface area contributed by atoms with Gasteiger partial charge in [-0.05, 0) is 67.3 Å². The van der Waals surface area contributed by atoms with Crippen LogP contribution in [0.25, 0.3) is 0 Å². The van der Waals surface area contributed by atoms with Gasteiger partial charge in [-0.25, -0.2) is 8.78 Å². The van der Waals surface area contributed by atoms with Gasteiger partial charge in [0.1, 0.15) is 23.1 Å². The van der Waals surface area contributed by atoms with Gasteiger partial charge >= 0.3 is 0 Å². The minimum absolute atomic E-state index is 0.0518. The summed E-state index contributed by atoms with van der Waals surface area (Å²) in [6, 6.07) is 8.81. The third-order valence-electron chi connectivity index (χ3n) is 3.39. The van der Waals surface area contributed by atoms with E-state index in [-0.39, 0.29) is 17.7 Å². The molecule has 0 heterocycles. The highest BCUT2D eigenvalue weighted by molar-refractivity contribution is 5.40. The summed E-state index contributed by atoms with van der Waals surface area (Å²) in [4.78, 5) is 0. The van der Waals surface area contributed by atoms with Gasteiger partial charge in [-0.1, -0.05) is 6.92 Å². The second kappa shape index (κ2) is 6.68. The van der Waals surface area contributed by atoms with E-state index in [1.54, 1.807) is 25.1 Å². The lowest BCUT2D eigenvalue weighted by atomic mass is 10.0. The zero-order valence-electron chi connectivity index (χ0n) is 12.2. The van der Waals surface area contributed by atoms with Gasteiger partial charge in [0.05, 0.1) is 0 Å². The third-order valence-corrected chi connectivity index (χ3v) is 3.39. The van der Waals surface area contributed by atoms with Gasteiger partial charge in [0.15, 0.2) is 0 Å². The van der Waals surface area contributed by atoms with Gasteiger partial charge in [-0.2, -0.15) is 0 Å². The molecule has 1 atom stereocenters. The lowest BCUT2D eigenvalue weighted by molar-refractivity contribution is 0.467. The number of hydrogen-bond acceptors (Lipinski definition) is 2. The molecule has 2 nitrogen and oxygen atoms in total. The molecule has 4 heteroatoms. The number of benzene rings is 2. The van der Waals surface area contributed by atoms with Crippen molar-refractivity contribution in [2.75, 3.05) is 0 Å². The predicted octanol–water partition coefficient (Wildman–Crippen LogP) is 4.35. The van der Waals surface area contributed by atoms with E-state index in [0.717, 1.165) is 6.42 Å². The maximum Gasteiger partial charge on any atom is 0.130 e. The number of hydrogen-bond donors (Lipinski definition) is 1. The molecule has 2 rings (SSSR count). The van der Waals surface area contributed by atoms with Gasteiger partial charge < -0.3 is 10.5 Å². The number of ether oxygens (including phenoxy) is 1. The van der Waals surface area contributed by atoms with Crippen molar-refractivity contribution in [1.29, 1.82) is 0 Å². The second-order valence-corrected chi connectivity index (χ2v) is 5.14. The maximum absolute atomic E-state index is 13.4. The Morgan fingerprint density at radius 1 is 1.14 bits per heavy atom. The van der Waals surface area contributed by atoms with Crippen LogP contribution in [0, 0.1) is 18.6 Å². The SMILES string of the molecule is CCC(N)Cc1cc(F)ccc1Oc1ccc(F)c(C)c1. The Bertz CT molecular complexity index is 628. The average Bonchev–Trinajstić information content (AvgIpc) is 2.45. The van der Waals surface area contributed by atoms with Crippen molar-refractivity contribution in [3.8, 4) is 11.5 Å². The minimum atomic E-state index is -0.323. The largest absolute Gasteiger partial charge is 0.457 e. The van der Waals surface area contributed by atoms with Crippen molar-refractivity contribution in [2.45, 2.75) is 32.7 Å². The first kappa shape index (κ1) is 15.4. The van der Waals surface area contributed by atoms with E-state index < -0.39 is 0 Å². The number of aryl methyl sites for hydroxylation is 1. The summed E-state index contributed by atoms with van der Waals surface area (Å²) in [6.07, 6.45) is 1.33. The number of halogens is 2. The summed E-state index contributed by atoms with van der Waals surface area (Å²) < 4.78 is 32.4. The Kier molecular flexibility index (Phi) is 4.91. The van der Waals surface area contributed by atoms with Crippen LogP contribution in [-0.4, -0.2) is 6.04 Å². The molecule has 0 aromatic heterocycles. The third kappa shape index (κ3) is 4.02. The molecule has 21 heavy (non-hydrogen) atoms. The standard InChI is InChI=1S/C17H19F2NO/c1-3-14(20)10-12-9-13(18)4-7-17(12)21-15-5-6-16(19)11(2)8-15/h4-9,14H,3,10,20H2,1-2H3. The first-order valence-corrected chi connectivity index (χ1v) is 6.97. The van der Waals surface area contributed by atoms with Crippen molar-refractivity contribution in [1.82, 2.24) is 0 Å². The molecular formula is C17H19F2NO. The maximum atomic E-state index is 13.4. The highest BCUT2D eigenvalue weighted by atomic mass is 19.1. The summed E-state index contributed by atoms with van der Waals surface area (Å²) in [5, 5.41) is 0. The first-order chi connectivity index (χ1) is 9.99. The van der Waals surface area contributed by atoms with Gasteiger partial charge in [0.25, 0.3) is 0 Å². The molecule has 0 radical (unpaired) electrons. The first-order valence-electron chi connectivity index (χ1n) is 6.97. The molecule has 0 aliphatic rings. The van der Waals surface area contributed by atoms with Crippen LogP contribution in [0.1, 0.15) is 24.5 Å². The summed E-state index contributed by atoms with van der Waals surface area (Å²) in [5.74, 6) is 0.462. The highest BCUT2D eigenvalue weighted by Crippen LogP contribution is 2.28. The van der Waals surface area contributed by atoms with Crippen molar-refractivity contribution >= 4 is 0 Å². The summed E-state index contributed by atoms with van der Waals surface area (Å²) in [5.41, 5.74) is 7.15. The molecule has 0 aliphatic carbocycles. The van der Waals surface area contributed by atoms with E-state index >= 15 is 0 Å². The molecule has 112 valence electrons. The molecule has 0 fully saturated rings. The summed E-state index contributed by atoms with van der Waals surface area (Å²) >= 11 is 0. The minimum Gasteiger partial charge on any atom is -0.457 e. The zero-order valence-corrected chi connectivity index (χ0v) is 12.2. The normalized spacial score (nSPS) is 12.2. The van der Waals surface area contributed by atoms with Crippen LogP contribution >= 0.6 is 0 Å². The number of rotatable bonds is 5. The monoisotopic (exact) mass is 291 g/mol. The molecule has 0 saturated carbocycles. The Labute approximate surface area is 123 Å². The Morgan fingerprint density at radius 2 is 1.90 bits per heavy atom. The van der Waals surface area contributed by atoms with Crippen LogP contribution in [0.4, 0.5) is 8.78 Å². The fourth-order valence-corrected chi connectivity index (χ4v) is 2.04. The molecule has 0 bridgehead atoms. The molecule has 0 amide bonds. The van der Waals surface area contributed by atoms with Crippen molar-refractivity contribution in [3.63, 3.8) is 0 Å². The second-order valence-electron chi connectivity index (χ2n) is 5.14. The van der Waals surface area contributed by atoms with Crippen LogP contribution in [0.3, 0.4) is 0 Å². The molecule has 0 saturated heterocycles. The van der Waals surface area contributed by atoms with E-state index in [4.69, 9.17) is 10.5 Å². The van der Waals surface area contributed by atoms with Gasteiger partial charge in [0.2, 0.25) is 0 Å². The van der Waals surface area contributed by atoms with Gasteiger partial charge in [0, 0.05) is 6.04 Å². The number of nitrogens with two attached hydrogens (primary N) is 1. The van der Waals surface area contributed by atoms with Crippen molar-refractivity contribution < 1.29 is 13.5 Å². The highest BCUT2D eigenvalue weighted by Gasteiger charge is 2.11. The summed E-state index contributed by atoms with van der Waals surface area (Å²) in [6.45, 7) is 3.65. The van der Waals surface area contributed by atoms with Crippen molar-refractivity contribution in [3.05, 3.63) is 59.2 Å². The Morgan fingerprint density at radius 3 is 2.57 bits per heavy atom. The quantitative estimate of drug-likeness (QED) is 0.889. The van der Waals surface area contributed by atoms with E-state index in [1.165, 1.54) is 18.2 Å².